The molecular formula is C27H38BN3O6. The minimum atomic E-state index is -0.838. The molecule has 1 aromatic carbocycles. The number of carbonyl (C=O) groups is 2. The lowest BCUT2D eigenvalue weighted by atomic mass is 9.79. The molecule has 2 aliphatic rings. The molecule has 0 saturated carbocycles. The number of aromatic nitrogens is 1. The standard InChI is InChI=1S/C27H38BN3O6/c1-17(34-6)23(30-25(33)35-7)24(32)31-16-8-9-22(31)21-15-14-20(29-21)18-10-12-19(13-11-18)28-36-26(2,3)27(4,5)37-28/h10-15,17,22-23,29H,8-9,16H2,1-7H3,(H,30,33)/t17-,22+,23+/m1/s1. The van der Waals surface area contributed by atoms with Crippen LogP contribution in [0.4, 0.5) is 4.79 Å². The van der Waals surface area contributed by atoms with Crippen LogP contribution < -0.4 is 10.8 Å². The molecule has 10 heteroatoms. The van der Waals surface area contributed by atoms with Crippen molar-refractivity contribution in [2.24, 2.45) is 0 Å². The number of likely N-dealkylation sites (tertiary alicyclic amines) is 1. The average Bonchev–Trinajstić information content (AvgIpc) is 3.59. The van der Waals surface area contributed by atoms with E-state index in [-0.39, 0.29) is 23.2 Å². The minimum absolute atomic E-state index is 0.115. The van der Waals surface area contributed by atoms with Gasteiger partial charge in [-0.05, 0) is 70.6 Å². The lowest BCUT2D eigenvalue weighted by Gasteiger charge is -2.32. The summed E-state index contributed by atoms with van der Waals surface area (Å²) in [4.78, 5) is 30.6. The van der Waals surface area contributed by atoms with Gasteiger partial charge in [-0.15, -0.1) is 0 Å². The van der Waals surface area contributed by atoms with Crippen molar-refractivity contribution in [2.45, 2.75) is 76.9 Å². The van der Waals surface area contributed by atoms with Crippen molar-refractivity contribution in [1.82, 2.24) is 15.2 Å². The predicted octanol–water partition coefficient (Wildman–Crippen LogP) is 3.40. The fourth-order valence-electron chi connectivity index (χ4n) is 4.81. The molecule has 9 nitrogen and oxygen atoms in total. The van der Waals surface area contributed by atoms with Crippen molar-refractivity contribution >= 4 is 24.6 Å². The number of nitrogens with one attached hydrogen (secondary N) is 2. The summed E-state index contributed by atoms with van der Waals surface area (Å²) >= 11 is 0. The van der Waals surface area contributed by atoms with Gasteiger partial charge in [0, 0.05) is 25.0 Å². The molecule has 0 radical (unpaired) electrons. The SMILES string of the molecule is COC(=O)N[C@H](C(=O)N1CCC[C@H]1c1ccc(-c2ccc(B3OC(C)(C)C(C)(C)O3)cc2)[nH]1)[C@@H](C)OC. The molecule has 2 N–H and O–H groups in total. The number of H-pyrrole nitrogens is 1. The third kappa shape index (κ3) is 5.42. The molecular weight excluding hydrogens is 473 g/mol. The van der Waals surface area contributed by atoms with Crippen molar-refractivity contribution < 1.29 is 28.4 Å². The molecule has 2 amide bonds. The van der Waals surface area contributed by atoms with Gasteiger partial charge >= 0.3 is 13.2 Å². The Morgan fingerprint density at radius 3 is 2.32 bits per heavy atom. The second-order valence-electron chi connectivity index (χ2n) is 10.8. The molecule has 37 heavy (non-hydrogen) atoms. The molecule has 0 unspecified atom stereocenters. The summed E-state index contributed by atoms with van der Waals surface area (Å²) < 4.78 is 22.4. The van der Waals surface area contributed by atoms with Crippen molar-refractivity contribution in [3.63, 3.8) is 0 Å². The van der Waals surface area contributed by atoms with Gasteiger partial charge in [-0.1, -0.05) is 24.3 Å². The lowest BCUT2D eigenvalue weighted by molar-refractivity contribution is -0.137. The Labute approximate surface area is 219 Å². The van der Waals surface area contributed by atoms with Crippen LogP contribution in [0.15, 0.2) is 36.4 Å². The predicted molar refractivity (Wildman–Crippen MR) is 141 cm³/mol. The number of aromatic amines is 1. The number of nitrogens with zero attached hydrogens (tertiary/aromatic N) is 1. The molecule has 3 heterocycles. The first-order valence-corrected chi connectivity index (χ1v) is 12.8. The summed E-state index contributed by atoms with van der Waals surface area (Å²) in [5.41, 5.74) is 3.14. The fraction of sp³-hybridized carbons (Fsp3) is 0.556. The maximum atomic E-state index is 13.5. The number of carbonyl (C=O) groups excluding carboxylic acids is 2. The van der Waals surface area contributed by atoms with Crippen LogP contribution in [0, 0.1) is 0 Å². The van der Waals surface area contributed by atoms with E-state index in [0.29, 0.717) is 6.54 Å². The second-order valence-corrected chi connectivity index (χ2v) is 10.8. The van der Waals surface area contributed by atoms with E-state index in [0.717, 1.165) is 35.3 Å². The van der Waals surface area contributed by atoms with Crippen LogP contribution in [0.5, 0.6) is 0 Å². The Hall–Kier alpha value is -2.82. The zero-order valence-corrected chi connectivity index (χ0v) is 22.8. The van der Waals surface area contributed by atoms with Crippen molar-refractivity contribution in [1.29, 1.82) is 0 Å². The largest absolute Gasteiger partial charge is 0.494 e. The lowest BCUT2D eigenvalue weighted by Crippen LogP contribution is -2.54. The van der Waals surface area contributed by atoms with Crippen LogP contribution in [0.2, 0.25) is 0 Å². The zero-order valence-electron chi connectivity index (χ0n) is 22.8. The molecule has 2 saturated heterocycles. The quantitative estimate of drug-likeness (QED) is 0.553. The molecule has 0 aliphatic carbocycles. The van der Waals surface area contributed by atoms with Gasteiger partial charge in [0.1, 0.15) is 6.04 Å². The topological polar surface area (TPSA) is 102 Å². The normalized spacial score (nSPS) is 22.1. The summed E-state index contributed by atoms with van der Waals surface area (Å²) in [6.07, 6.45) is 0.539. The van der Waals surface area contributed by atoms with E-state index in [1.165, 1.54) is 14.2 Å². The Balaban J connectivity index is 1.49. The Morgan fingerprint density at radius 1 is 1.08 bits per heavy atom. The van der Waals surface area contributed by atoms with Crippen molar-refractivity contribution in [2.75, 3.05) is 20.8 Å². The van der Waals surface area contributed by atoms with E-state index >= 15 is 0 Å². The molecule has 2 aliphatic heterocycles. The highest BCUT2D eigenvalue weighted by molar-refractivity contribution is 6.62. The molecule has 0 bridgehead atoms. The number of hydrogen-bond acceptors (Lipinski definition) is 6. The van der Waals surface area contributed by atoms with E-state index in [2.05, 4.69) is 10.3 Å². The third-order valence-corrected chi connectivity index (χ3v) is 7.92. The highest BCUT2D eigenvalue weighted by Crippen LogP contribution is 2.37. The monoisotopic (exact) mass is 511 g/mol. The number of amides is 2. The van der Waals surface area contributed by atoms with Crippen molar-refractivity contribution in [3.8, 4) is 11.3 Å². The average molecular weight is 511 g/mol. The number of rotatable bonds is 7. The van der Waals surface area contributed by atoms with Crippen LogP contribution >= 0.6 is 0 Å². The molecule has 200 valence electrons. The summed E-state index contributed by atoms with van der Waals surface area (Å²) in [6.45, 7) is 10.5. The Bertz CT molecular complexity index is 1100. The molecule has 3 atom stereocenters. The van der Waals surface area contributed by atoms with Gasteiger partial charge in [0.25, 0.3) is 0 Å². The van der Waals surface area contributed by atoms with Gasteiger partial charge in [-0.3, -0.25) is 4.79 Å². The van der Waals surface area contributed by atoms with E-state index in [1.807, 2.05) is 69.0 Å². The molecule has 1 aromatic heterocycles. The van der Waals surface area contributed by atoms with Gasteiger partial charge in [0.05, 0.1) is 30.5 Å². The van der Waals surface area contributed by atoms with E-state index in [4.69, 9.17) is 18.8 Å². The maximum absolute atomic E-state index is 13.5. The van der Waals surface area contributed by atoms with Gasteiger partial charge in [-0.2, -0.15) is 0 Å². The minimum Gasteiger partial charge on any atom is -0.453 e. The van der Waals surface area contributed by atoms with Gasteiger partial charge in [0.2, 0.25) is 5.91 Å². The number of hydrogen-bond donors (Lipinski definition) is 2. The Kier molecular flexibility index (Phi) is 7.74. The van der Waals surface area contributed by atoms with Crippen LogP contribution in [-0.2, 0) is 23.6 Å². The maximum Gasteiger partial charge on any atom is 0.494 e. The molecule has 2 fully saturated rings. The second kappa shape index (κ2) is 10.5. The van der Waals surface area contributed by atoms with Crippen LogP contribution in [-0.4, -0.2) is 73.1 Å². The fourth-order valence-corrected chi connectivity index (χ4v) is 4.81. The van der Waals surface area contributed by atoms with E-state index in [9.17, 15) is 9.59 Å². The first-order valence-electron chi connectivity index (χ1n) is 12.8. The van der Waals surface area contributed by atoms with Gasteiger partial charge in [0.15, 0.2) is 0 Å². The van der Waals surface area contributed by atoms with Crippen LogP contribution in [0.3, 0.4) is 0 Å². The summed E-state index contributed by atoms with van der Waals surface area (Å²) in [5.74, 6) is -0.190. The Morgan fingerprint density at radius 2 is 1.73 bits per heavy atom. The number of alkyl carbamates (subject to hydrolysis) is 1. The van der Waals surface area contributed by atoms with Crippen LogP contribution in [0.1, 0.15) is 59.2 Å². The smallest absolute Gasteiger partial charge is 0.453 e. The first-order chi connectivity index (χ1) is 17.5. The first kappa shape index (κ1) is 27.2. The number of ether oxygens (including phenoxy) is 2. The van der Waals surface area contributed by atoms with Gasteiger partial charge in [-0.25, -0.2) is 4.79 Å². The molecule has 4 rings (SSSR count). The van der Waals surface area contributed by atoms with E-state index in [1.54, 1.807) is 6.92 Å². The summed E-state index contributed by atoms with van der Waals surface area (Å²) in [6, 6.07) is 11.2. The number of benzene rings is 1. The highest BCUT2D eigenvalue weighted by Gasteiger charge is 2.51. The summed E-state index contributed by atoms with van der Waals surface area (Å²) in [7, 11) is 2.38. The van der Waals surface area contributed by atoms with Crippen LogP contribution in [0.25, 0.3) is 11.3 Å². The third-order valence-electron chi connectivity index (χ3n) is 7.92. The van der Waals surface area contributed by atoms with Crippen molar-refractivity contribution in [3.05, 3.63) is 42.1 Å². The highest BCUT2D eigenvalue weighted by atomic mass is 16.7. The summed E-state index contributed by atoms with van der Waals surface area (Å²) in [5, 5.41) is 2.63. The zero-order chi connectivity index (χ0) is 27.0. The molecule has 2 aromatic rings. The molecule has 0 spiro atoms. The number of methoxy groups -OCH3 is 2. The van der Waals surface area contributed by atoms with Gasteiger partial charge < -0.3 is 34.0 Å². The van der Waals surface area contributed by atoms with E-state index < -0.39 is 25.4 Å².